The summed E-state index contributed by atoms with van der Waals surface area (Å²) in [6.45, 7) is 10.1. The Bertz CT molecular complexity index is 1500. The zero-order valence-electron chi connectivity index (χ0n) is 25.8. The fourth-order valence-electron chi connectivity index (χ4n) is 5.40. The Morgan fingerprint density at radius 3 is 2.24 bits per heavy atom. The minimum absolute atomic E-state index is 0.229. The van der Waals surface area contributed by atoms with Crippen molar-refractivity contribution in [2.45, 2.75) is 39.1 Å². The quantitative estimate of drug-likeness (QED) is 0.174. The van der Waals surface area contributed by atoms with E-state index in [4.69, 9.17) is 42.1 Å². The molecule has 2 heterocycles. The molecule has 1 amide bonds. The van der Waals surface area contributed by atoms with E-state index >= 15 is 0 Å². The van der Waals surface area contributed by atoms with Gasteiger partial charge in [-0.15, -0.1) is 0 Å². The molecule has 0 aliphatic carbocycles. The number of anilines is 3. The van der Waals surface area contributed by atoms with E-state index in [0.717, 1.165) is 55.3 Å². The van der Waals surface area contributed by atoms with Crippen LogP contribution in [0.1, 0.15) is 32.8 Å². The number of nitrogens with zero attached hydrogens (tertiary/aromatic N) is 2. The minimum Gasteiger partial charge on any atom is -0.491 e. The van der Waals surface area contributed by atoms with Crippen LogP contribution in [0.25, 0.3) is 0 Å². The number of rotatable bonds is 10. The first kappa shape index (κ1) is 32.7. The summed E-state index contributed by atoms with van der Waals surface area (Å²) >= 11 is 12.4. The minimum atomic E-state index is -0.948. The lowest BCUT2D eigenvalue weighted by molar-refractivity contribution is -0.164. The van der Waals surface area contributed by atoms with Gasteiger partial charge in [-0.2, -0.15) is 0 Å². The van der Waals surface area contributed by atoms with Gasteiger partial charge in [0.05, 0.1) is 11.6 Å². The van der Waals surface area contributed by atoms with Gasteiger partial charge < -0.3 is 28.7 Å². The third-order valence-corrected chi connectivity index (χ3v) is 8.25. The summed E-state index contributed by atoms with van der Waals surface area (Å²) in [6, 6.07) is 21.3. The summed E-state index contributed by atoms with van der Waals surface area (Å²) < 4.78 is 23.6. The molecule has 8 nitrogen and oxygen atoms in total. The number of ether oxygens (including phenoxy) is 4. The number of amides is 1. The van der Waals surface area contributed by atoms with Crippen LogP contribution in [-0.2, 0) is 20.0 Å². The highest BCUT2D eigenvalue weighted by Crippen LogP contribution is 2.38. The Balaban J connectivity index is 1.06. The third-order valence-electron chi connectivity index (χ3n) is 7.70. The number of hydrogen-bond donors (Lipinski definition) is 1. The van der Waals surface area contributed by atoms with Crippen molar-refractivity contribution in [3.8, 4) is 5.75 Å². The SMILES string of the molecule is C/C=C\C(=C/CC)OC(=O)Nc1ccc(N2CCN(c3ccc(OCC4COC(C)(c5ccc(Cl)cc5Cl)O4)cc3)CC2)cc1. The van der Waals surface area contributed by atoms with Gasteiger partial charge in [0.15, 0.2) is 5.79 Å². The number of allylic oxidation sites excluding steroid dienone is 3. The van der Waals surface area contributed by atoms with Gasteiger partial charge in [-0.25, -0.2) is 4.79 Å². The molecule has 2 atom stereocenters. The number of piperazine rings is 1. The van der Waals surface area contributed by atoms with Gasteiger partial charge in [0.2, 0.25) is 0 Å². The maximum absolute atomic E-state index is 12.3. The van der Waals surface area contributed by atoms with Gasteiger partial charge in [-0.05, 0) is 93.1 Å². The molecule has 2 unspecified atom stereocenters. The highest BCUT2D eigenvalue weighted by atomic mass is 35.5. The summed E-state index contributed by atoms with van der Waals surface area (Å²) in [5.41, 5.74) is 3.70. The predicted molar refractivity (Wildman–Crippen MR) is 181 cm³/mol. The summed E-state index contributed by atoms with van der Waals surface area (Å²) in [5.74, 6) is 0.361. The molecule has 2 fully saturated rings. The maximum Gasteiger partial charge on any atom is 0.417 e. The highest BCUT2D eigenvalue weighted by molar-refractivity contribution is 6.35. The Morgan fingerprint density at radius 1 is 1.00 bits per heavy atom. The van der Waals surface area contributed by atoms with Crippen molar-refractivity contribution in [1.82, 2.24) is 0 Å². The topological polar surface area (TPSA) is 72.5 Å². The van der Waals surface area contributed by atoms with Crippen LogP contribution in [-0.4, -0.2) is 51.6 Å². The second-order valence-electron chi connectivity index (χ2n) is 11.0. The lowest BCUT2D eigenvalue weighted by Crippen LogP contribution is -2.46. The average Bonchev–Trinajstić information content (AvgIpc) is 3.42. The Kier molecular flexibility index (Phi) is 10.9. The van der Waals surface area contributed by atoms with Gasteiger partial charge in [-0.1, -0.05) is 42.3 Å². The maximum atomic E-state index is 12.3. The number of carbonyl (C=O) groups excluding carboxylic acids is 1. The van der Waals surface area contributed by atoms with Crippen LogP contribution in [0.15, 0.2) is 90.7 Å². The van der Waals surface area contributed by atoms with Crippen molar-refractivity contribution in [2.24, 2.45) is 0 Å². The predicted octanol–water partition coefficient (Wildman–Crippen LogP) is 8.41. The van der Waals surface area contributed by atoms with Gasteiger partial charge >= 0.3 is 6.09 Å². The lowest BCUT2D eigenvalue weighted by Gasteiger charge is -2.37. The van der Waals surface area contributed by atoms with Crippen molar-refractivity contribution in [1.29, 1.82) is 0 Å². The fraction of sp³-hybridized carbons (Fsp3) is 0.343. The molecule has 0 aromatic heterocycles. The van der Waals surface area contributed by atoms with E-state index < -0.39 is 11.9 Å². The molecule has 0 spiro atoms. The van der Waals surface area contributed by atoms with Gasteiger partial charge in [0, 0.05) is 53.8 Å². The molecular weight excluding hydrogens is 613 g/mol. The second-order valence-corrected chi connectivity index (χ2v) is 11.8. The van der Waals surface area contributed by atoms with E-state index in [1.54, 1.807) is 18.2 Å². The molecule has 3 aromatic rings. The summed E-state index contributed by atoms with van der Waals surface area (Å²) in [4.78, 5) is 17.0. The van der Waals surface area contributed by atoms with Crippen LogP contribution in [0.3, 0.4) is 0 Å². The molecule has 5 rings (SSSR count). The van der Waals surface area contributed by atoms with Crippen molar-refractivity contribution < 1.29 is 23.7 Å². The van der Waals surface area contributed by atoms with Crippen LogP contribution < -0.4 is 19.9 Å². The number of nitrogens with one attached hydrogen (secondary N) is 1. The zero-order chi connectivity index (χ0) is 31.8. The fourth-order valence-corrected chi connectivity index (χ4v) is 5.98. The summed E-state index contributed by atoms with van der Waals surface area (Å²) in [5, 5.41) is 3.87. The second kappa shape index (κ2) is 15.1. The lowest BCUT2D eigenvalue weighted by atomic mass is 10.1. The molecule has 2 aliphatic rings. The van der Waals surface area contributed by atoms with Crippen LogP contribution in [0.4, 0.5) is 21.9 Å². The van der Waals surface area contributed by atoms with Gasteiger partial charge in [0.1, 0.15) is 24.2 Å². The van der Waals surface area contributed by atoms with Crippen molar-refractivity contribution in [3.63, 3.8) is 0 Å². The van der Waals surface area contributed by atoms with Gasteiger partial charge in [-0.3, -0.25) is 5.32 Å². The van der Waals surface area contributed by atoms with E-state index in [0.29, 0.717) is 34.7 Å². The largest absolute Gasteiger partial charge is 0.491 e. The Labute approximate surface area is 275 Å². The smallest absolute Gasteiger partial charge is 0.417 e. The van der Waals surface area contributed by atoms with E-state index in [1.807, 2.05) is 75.4 Å². The van der Waals surface area contributed by atoms with Crippen LogP contribution in [0.5, 0.6) is 5.75 Å². The molecule has 10 heteroatoms. The van der Waals surface area contributed by atoms with Crippen molar-refractivity contribution in [2.75, 3.05) is 54.5 Å². The van der Waals surface area contributed by atoms with E-state index in [1.165, 1.54) is 0 Å². The Hall–Kier alpha value is -3.69. The third kappa shape index (κ3) is 8.52. The van der Waals surface area contributed by atoms with Crippen LogP contribution in [0, 0.1) is 0 Å². The summed E-state index contributed by atoms with van der Waals surface area (Å²) in [7, 11) is 0. The van der Waals surface area contributed by atoms with Crippen LogP contribution in [0.2, 0.25) is 10.0 Å². The first-order chi connectivity index (χ1) is 21.8. The Morgan fingerprint density at radius 2 is 1.64 bits per heavy atom. The number of hydrogen-bond acceptors (Lipinski definition) is 7. The van der Waals surface area contributed by atoms with Gasteiger partial charge in [0.25, 0.3) is 0 Å². The number of halogens is 2. The molecule has 45 heavy (non-hydrogen) atoms. The molecule has 3 aromatic carbocycles. The summed E-state index contributed by atoms with van der Waals surface area (Å²) in [6.07, 6.45) is 5.52. The molecule has 0 bridgehead atoms. The highest BCUT2D eigenvalue weighted by Gasteiger charge is 2.40. The first-order valence-corrected chi connectivity index (χ1v) is 15.9. The molecular formula is C35H39Cl2N3O5. The first-order valence-electron chi connectivity index (χ1n) is 15.2. The monoisotopic (exact) mass is 651 g/mol. The number of carbonyl (C=O) groups is 1. The standard InChI is InChI=1S/C35H39Cl2N3O5/c1-4-6-30(7-5-2)44-34(41)38-26-9-11-27(12-10-26)39-18-20-40(21-19-39)28-13-15-29(16-14-28)42-23-31-24-43-35(3,45-31)32-17-8-25(36)22-33(32)37/h4,6-17,22,31H,5,18-21,23-24H2,1-3H3,(H,38,41)/b6-4-,30-7+. The van der Waals surface area contributed by atoms with Crippen molar-refractivity contribution in [3.05, 3.63) is 106 Å². The molecule has 2 aliphatic heterocycles. The molecule has 0 saturated carbocycles. The normalized spacial score (nSPS) is 20.5. The molecule has 238 valence electrons. The zero-order valence-corrected chi connectivity index (χ0v) is 27.3. The molecule has 2 saturated heterocycles. The van der Waals surface area contributed by atoms with E-state index in [9.17, 15) is 4.79 Å². The number of benzene rings is 3. The molecule has 1 N–H and O–H groups in total. The average molecular weight is 653 g/mol. The van der Waals surface area contributed by atoms with Crippen LogP contribution >= 0.6 is 23.2 Å². The molecule has 0 radical (unpaired) electrons. The van der Waals surface area contributed by atoms with E-state index in [-0.39, 0.29) is 6.10 Å². The van der Waals surface area contributed by atoms with E-state index in [2.05, 4.69) is 27.2 Å². The van der Waals surface area contributed by atoms with Crippen molar-refractivity contribution >= 4 is 46.4 Å².